The van der Waals surface area contributed by atoms with Gasteiger partial charge >= 0.3 is 5.97 Å². The minimum Gasteiger partial charge on any atom is -0.478 e. The second-order valence-electron chi connectivity index (χ2n) is 4.57. The Kier molecular flexibility index (Phi) is 5.15. The summed E-state index contributed by atoms with van der Waals surface area (Å²) in [6, 6.07) is 11.6. The molecule has 0 aliphatic carbocycles. The molecule has 0 aliphatic heterocycles. The predicted molar refractivity (Wildman–Crippen MR) is 80.2 cm³/mol. The van der Waals surface area contributed by atoms with Crippen molar-refractivity contribution in [2.45, 2.75) is 19.9 Å². The summed E-state index contributed by atoms with van der Waals surface area (Å²) in [5, 5.41) is 13.1. The van der Waals surface area contributed by atoms with Gasteiger partial charge in [0, 0.05) is 12.1 Å². The number of hydrogen-bond acceptors (Lipinski definition) is 3. The average Bonchev–Trinajstić information content (AvgIpc) is 2.86. The van der Waals surface area contributed by atoms with Gasteiger partial charge in [0.2, 0.25) is 5.88 Å². The van der Waals surface area contributed by atoms with Crippen molar-refractivity contribution in [3.05, 3.63) is 53.7 Å². The molecule has 0 saturated heterocycles. The van der Waals surface area contributed by atoms with E-state index >= 15 is 0 Å². The summed E-state index contributed by atoms with van der Waals surface area (Å²) in [5.41, 5.74) is 1.79. The Hall–Kier alpha value is -2.56. The number of hydrogen-bond donors (Lipinski definition) is 1. The standard InChI is InChI=1S/C16H18N2O3/c1-2-10-21-15-11-14(8-9-16(19)20)18(17-15)12-13-6-4-3-5-7-13/h3-9,11H,2,10,12H2,1H3,(H,19,20)/b9-8+. The first-order chi connectivity index (χ1) is 10.2. The fraction of sp³-hybridized carbons (Fsp3) is 0.250. The maximum absolute atomic E-state index is 10.7. The van der Waals surface area contributed by atoms with E-state index in [1.807, 2.05) is 37.3 Å². The van der Waals surface area contributed by atoms with Crippen LogP contribution in [0.15, 0.2) is 42.5 Å². The quantitative estimate of drug-likeness (QED) is 0.795. The molecule has 110 valence electrons. The molecule has 0 unspecified atom stereocenters. The maximum Gasteiger partial charge on any atom is 0.328 e. The number of benzene rings is 1. The van der Waals surface area contributed by atoms with E-state index in [9.17, 15) is 4.79 Å². The van der Waals surface area contributed by atoms with Gasteiger partial charge in [-0.1, -0.05) is 37.3 Å². The third-order valence-corrected chi connectivity index (χ3v) is 2.81. The van der Waals surface area contributed by atoms with E-state index in [0.717, 1.165) is 18.1 Å². The van der Waals surface area contributed by atoms with Crippen LogP contribution in [0.2, 0.25) is 0 Å². The van der Waals surface area contributed by atoms with Crippen molar-refractivity contribution in [1.82, 2.24) is 9.78 Å². The van der Waals surface area contributed by atoms with Crippen LogP contribution in [0.5, 0.6) is 5.88 Å². The van der Waals surface area contributed by atoms with Crippen LogP contribution in [0, 0.1) is 0 Å². The van der Waals surface area contributed by atoms with E-state index in [4.69, 9.17) is 9.84 Å². The smallest absolute Gasteiger partial charge is 0.328 e. The van der Waals surface area contributed by atoms with Gasteiger partial charge in [0.05, 0.1) is 18.8 Å². The van der Waals surface area contributed by atoms with Gasteiger partial charge in [0.25, 0.3) is 0 Å². The summed E-state index contributed by atoms with van der Waals surface area (Å²) in [4.78, 5) is 10.7. The Morgan fingerprint density at radius 2 is 2.14 bits per heavy atom. The third kappa shape index (κ3) is 4.49. The van der Waals surface area contributed by atoms with E-state index in [1.54, 1.807) is 10.7 Å². The molecule has 1 aromatic carbocycles. The van der Waals surface area contributed by atoms with Crippen LogP contribution in [0.3, 0.4) is 0 Å². The summed E-state index contributed by atoms with van der Waals surface area (Å²) in [5.74, 6) is -0.476. The number of carboxylic acids is 1. The van der Waals surface area contributed by atoms with Gasteiger partial charge in [0.15, 0.2) is 0 Å². The molecule has 0 saturated carbocycles. The number of rotatable bonds is 7. The van der Waals surface area contributed by atoms with Crippen molar-refractivity contribution >= 4 is 12.0 Å². The molecule has 5 heteroatoms. The molecule has 2 rings (SSSR count). The van der Waals surface area contributed by atoms with E-state index in [-0.39, 0.29) is 0 Å². The molecular formula is C16H18N2O3. The lowest BCUT2D eigenvalue weighted by molar-refractivity contribution is -0.131. The molecule has 21 heavy (non-hydrogen) atoms. The normalized spacial score (nSPS) is 10.9. The van der Waals surface area contributed by atoms with Crippen LogP contribution in [-0.2, 0) is 11.3 Å². The molecule has 0 fully saturated rings. The SMILES string of the molecule is CCCOc1cc(/C=C/C(=O)O)n(Cc2ccccc2)n1. The maximum atomic E-state index is 10.7. The molecule has 5 nitrogen and oxygen atoms in total. The number of ether oxygens (including phenoxy) is 1. The highest BCUT2D eigenvalue weighted by Gasteiger charge is 2.07. The molecule has 1 N–H and O–H groups in total. The second kappa shape index (κ2) is 7.28. The largest absolute Gasteiger partial charge is 0.478 e. The Morgan fingerprint density at radius 3 is 2.81 bits per heavy atom. The van der Waals surface area contributed by atoms with Crippen molar-refractivity contribution in [3.63, 3.8) is 0 Å². The van der Waals surface area contributed by atoms with Crippen LogP contribution in [-0.4, -0.2) is 27.5 Å². The topological polar surface area (TPSA) is 64.3 Å². The van der Waals surface area contributed by atoms with Gasteiger partial charge in [0.1, 0.15) is 0 Å². The van der Waals surface area contributed by atoms with Gasteiger partial charge in [-0.05, 0) is 18.1 Å². The molecular weight excluding hydrogens is 268 g/mol. The highest BCUT2D eigenvalue weighted by atomic mass is 16.5. The molecule has 2 aromatic rings. The second-order valence-corrected chi connectivity index (χ2v) is 4.57. The van der Waals surface area contributed by atoms with Gasteiger partial charge in [-0.3, -0.25) is 4.68 Å². The molecule has 0 radical (unpaired) electrons. The number of nitrogens with zero attached hydrogens (tertiary/aromatic N) is 2. The van der Waals surface area contributed by atoms with Gasteiger partial charge in [-0.15, -0.1) is 5.10 Å². The van der Waals surface area contributed by atoms with Gasteiger partial charge in [-0.2, -0.15) is 0 Å². The summed E-state index contributed by atoms with van der Waals surface area (Å²) >= 11 is 0. The fourth-order valence-corrected chi connectivity index (χ4v) is 1.86. The lowest BCUT2D eigenvalue weighted by atomic mass is 10.2. The Labute approximate surface area is 123 Å². The van der Waals surface area contributed by atoms with Crippen molar-refractivity contribution in [2.75, 3.05) is 6.61 Å². The highest BCUT2D eigenvalue weighted by Crippen LogP contribution is 2.16. The van der Waals surface area contributed by atoms with Crippen LogP contribution in [0.1, 0.15) is 24.6 Å². The van der Waals surface area contributed by atoms with Gasteiger partial charge in [-0.25, -0.2) is 4.79 Å². The summed E-state index contributed by atoms with van der Waals surface area (Å²) in [6.45, 7) is 3.17. The average molecular weight is 286 g/mol. The number of carbonyl (C=O) groups is 1. The third-order valence-electron chi connectivity index (χ3n) is 2.81. The van der Waals surface area contributed by atoms with Crippen LogP contribution in [0.4, 0.5) is 0 Å². The summed E-state index contributed by atoms with van der Waals surface area (Å²) in [7, 11) is 0. The van der Waals surface area contributed by atoms with Crippen molar-refractivity contribution < 1.29 is 14.6 Å². The van der Waals surface area contributed by atoms with Crippen molar-refractivity contribution in [1.29, 1.82) is 0 Å². The zero-order valence-corrected chi connectivity index (χ0v) is 11.9. The zero-order chi connectivity index (χ0) is 15.1. The van der Waals surface area contributed by atoms with Crippen LogP contribution >= 0.6 is 0 Å². The molecule has 1 heterocycles. The lowest BCUT2D eigenvalue weighted by Crippen LogP contribution is -2.04. The van der Waals surface area contributed by atoms with E-state index in [0.29, 0.717) is 24.7 Å². The van der Waals surface area contributed by atoms with Crippen molar-refractivity contribution in [3.8, 4) is 5.88 Å². The fourth-order valence-electron chi connectivity index (χ4n) is 1.86. The molecule has 1 aromatic heterocycles. The molecule has 0 bridgehead atoms. The molecule has 0 amide bonds. The minimum atomic E-state index is -0.988. The summed E-state index contributed by atoms with van der Waals surface area (Å²) < 4.78 is 7.24. The Balaban J connectivity index is 2.23. The zero-order valence-electron chi connectivity index (χ0n) is 11.9. The first-order valence-electron chi connectivity index (χ1n) is 6.84. The Bertz CT molecular complexity index is 618. The van der Waals surface area contributed by atoms with Crippen LogP contribution in [0.25, 0.3) is 6.08 Å². The van der Waals surface area contributed by atoms with E-state index in [1.165, 1.54) is 6.08 Å². The molecule has 0 spiro atoms. The number of aromatic nitrogens is 2. The summed E-state index contributed by atoms with van der Waals surface area (Å²) in [6.07, 6.45) is 3.52. The van der Waals surface area contributed by atoms with Crippen molar-refractivity contribution in [2.24, 2.45) is 0 Å². The molecule has 0 atom stereocenters. The monoisotopic (exact) mass is 286 g/mol. The predicted octanol–water partition coefficient (Wildman–Crippen LogP) is 2.82. The first kappa shape index (κ1) is 14.8. The van der Waals surface area contributed by atoms with Crippen LogP contribution < -0.4 is 4.74 Å². The first-order valence-corrected chi connectivity index (χ1v) is 6.84. The van der Waals surface area contributed by atoms with E-state index < -0.39 is 5.97 Å². The number of aliphatic carboxylic acids is 1. The lowest BCUT2D eigenvalue weighted by Gasteiger charge is -2.04. The molecule has 0 aliphatic rings. The Morgan fingerprint density at radius 1 is 1.38 bits per heavy atom. The van der Waals surface area contributed by atoms with E-state index in [2.05, 4.69) is 5.10 Å². The highest BCUT2D eigenvalue weighted by molar-refractivity contribution is 5.84. The van der Waals surface area contributed by atoms with Gasteiger partial charge < -0.3 is 9.84 Å². The minimum absolute atomic E-state index is 0.512. The number of carboxylic acid groups (broad SMARTS) is 1.